The van der Waals surface area contributed by atoms with E-state index in [9.17, 15) is 4.79 Å². The van der Waals surface area contributed by atoms with Gasteiger partial charge in [-0.05, 0) is 74.9 Å². The molecule has 13 heteroatoms. The van der Waals surface area contributed by atoms with E-state index in [1.807, 2.05) is 50.2 Å². The summed E-state index contributed by atoms with van der Waals surface area (Å²) in [6.07, 6.45) is 7.58. The number of fused-ring (bicyclic) bond motifs is 1. The molecule has 0 spiro atoms. The molecule has 1 amide bonds. The van der Waals surface area contributed by atoms with Crippen molar-refractivity contribution in [3.05, 3.63) is 77.4 Å². The van der Waals surface area contributed by atoms with Crippen molar-refractivity contribution in [2.45, 2.75) is 57.1 Å². The quantitative estimate of drug-likeness (QED) is 0.229. The number of pyridine rings is 3. The molecule has 5 aromatic heterocycles. The van der Waals surface area contributed by atoms with Crippen LogP contribution >= 0.6 is 11.6 Å². The van der Waals surface area contributed by atoms with Crippen molar-refractivity contribution in [3.63, 3.8) is 0 Å². The zero-order valence-corrected chi connectivity index (χ0v) is 24.3. The zero-order valence-electron chi connectivity index (χ0n) is 23.5. The van der Waals surface area contributed by atoms with Gasteiger partial charge in [-0.15, -0.1) is 5.10 Å². The number of methoxy groups -OCH3 is 1. The average molecular weight is 587 g/mol. The fourth-order valence-electron chi connectivity index (χ4n) is 5.51. The third-order valence-corrected chi connectivity index (χ3v) is 8.05. The Balaban J connectivity index is 1.16. The van der Waals surface area contributed by atoms with E-state index < -0.39 is 5.60 Å². The van der Waals surface area contributed by atoms with E-state index in [1.165, 1.54) is 11.0 Å². The van der Waals surface area contributed by atoms with Gasteiger partial charge < -0.3 is 15.4 Å². The molecule has 0 unspecified atom stereocenters. The van der Waals surface area contributed by atoms with Gasteiger partial charge in [0.2, 0.25) is 5.28 Å². The number of anilines is 2. The maximum Gasteiger partial charge on any atom is 0.252 e. The molecule has 1 atom stereocenters. The first-order valence-electron chi connectivity index (χ1n) is 13.8. The van der Waals surface area contributed by atoms with Crippen LogP contribution in [0.15, 0.2) is 55.1 Å². The Hall–Kier alpha value is -4.42. The number of aryl methyl sites for hydroxylation is 1. The highest BCUT2D eigenvalue weighted by Crippen LogP contribution is 2.41. The van der Waals surface area contributed by atoms with Gasteiger partial charge in [0, 0.05) is 42.6 Å². The molecule has 0 aliphatic heterocycles. The summed E-state index contributed by atoms with van der Waals surface area (Å²) in [7, 11) is 1.61. The minimum Gasteiger partial charge on any atom is -0.368 e. The Morgan fingerprint density at radius 1 is 1.17 bits per heavy atom. The molecule has 3 N–H and O–H groups in total. The summed E-state index contributed by atoms with van der Waals surface area (Å²) < 4.78 is 7.41. The van der Waals surface area contributed by atoms with Gasteiger partial charge in [-0.3, -0.25) is 14.9 Å². The topological polar surface area (TPSA) is 148 Å². The number of carbonyl (C=O) groups is 1. The number of hydrogen-bond donors (Lipinski definition) is 3. The number of rotatable bonds is 8. The van der Waals surface area contributed by atoms with Crippen LogP contribution in [0.4, 0.5) is 11.6 Å². The lowest BCUT2D eigenvalue weighted by molar-refractivity contribution is -0.148. The smallest absolute Gasteiger partial charge is 0.252 e. The van der Waals surface area contributed by atoms with Crippen molar-refractivity contribution in [1.29, 1.82) is 0 Å². The first-order chi connectivity index (χ1) is 20.3. The van der Waals surface area contributed by atoms with Gasteiger partial charge in [-0.1, -0.05) is 12.1 Å². The van der Waals surface area contributed by atoms with Crippen molar-refractivity contribution in [2.24, 2.45) is 0 Å². The molecular weight excluding hydrogens is 556 g/mol. The summed E-state index contributed by atoms with van der Waals surface area (Å²) in [6, 6.07) is 11.3. The van der Waals surface area contributed by atoms with E-state index in [0.29, 0.717) is 30.3 Å². The van der Waals surface area contributed by atoms with E-state index in [0.717, 1.165) is 40.7 Å². The first kappa shape index (κ1) is 27.7. The Bertz CT molecular complexity index is 1710. The molecule has 1 aliphatic rings. The number of halogens is 1. The van der Waals surface area contributed by atoms with Crippen LogP contribution in [0, 0.1) is 6.92 Å². The number of ether oxygens (including phenoxy) is 1. The number of amides is 1. The molecule has 1 aliphatic carbocycles. The van der Waals surface area contributed by atoms with Crippen molar-refractivity contribution < 1.29 is 9.53 Å². The van der Waals surface area contributed by atoms with Crippen LogP contribution in [-0.4, -0.2) is 58.5 Å². The number of aromatic amines is 1. The van der Waals surface area contributed by atoms with Gasteiger partial charge in [-0.2, -0.15) is 5.10 Å². The standard InChI is InChI=1S/C29H31ClN10O2/c1-17-13-23(38-37-17)35-22-14-20-5-4-12-31-25(20)26(36-22)19-8-10-29(42-3,11-9-19)27(41)34-18(2)21-6-7-24(32-15-21)40-16-33-28(30)39-40/h4-7,12-16,18-19H,8-11H2,1-3H3,(H,34,41)(H2,35,36,37,38)/t18-,19?,29?/m0/s1. The van der Waals surface area contributed by atoms with Gasteiger partial charge in [0.15, 0.2) is 11.6 Å². The lowest BCUT2D eigenvalue weighted by atomic mass is 9.76. The Kier molecular flexibility index (Phi) is 7.56. The predicted octanol–water partition coefficient (Wildman–Crippen LogP) is 4.95. The van der Waals surface area contributed by atoms with E-state index in [4.69, 9.17) is 21.3 Å². The van der Waals surface area contributed by atoms with Crippen molar-refractivity contribution in [1.82, 2.24) is 45.2 Å². The average Bonchev–Trinajstić information content (AvgIpc) is 3.64. The Morgan fingerprint density at radius 3 is 2.67 bits per heavy atom. The van der Waals surface area contributed by atoms with Gasteiger partial charge in [-0.25, -0.2) is 19.6 Å². The molecule has 0 aromatic carbocycles. The maximum atomic E-state index is 13.6. The van der Waals surface area contributed by atoms with Gasteiger partial charge >= 0.3 is 0 Å². The van der Waals surface area contributed by atoms with Crippen molar-refractivity contribution >= 4 is 40.0 Å². The molecule has 12 nitrogen and oxygen atoms in total. The third-order valence-electron chi connectivity index (χ3n) is 7.88. The molecule has 0 saturated heterocycles. The Labute approximate surface area is 247 Å². The lowest BCUT2D eigenvalue weighted by Gasteiger charge is -2.38. The molecule has 5 heterocycles. The van der Waals surface area contributed by atoms with Crippen LogP contribution in [0.1, 0.15) is 61.5 Å². The van der Waals surface area contributed by atoms with Crippen molar-refractivity contribution in [2.75, 3.05) is 12.4 Å². The van der Waals surface area contributed by atoms with Crippen LogP contribution < -0.4 is 10.6 Å². The SMILES string of the molecule is COC1(C(=O)N[C@@H](C)c2ccc(-n3cnc(Cl)n3)nc2)CCC(c2nc(Nc3cc(C)[nH]n3)cc3cccnc23)CC1. The second kappa shape index (κ2) is 11.5. The summed E-state index contributed by atoms with van der Waals surface area (Å²) in [5.74, 6) is 1.98. The molecule has 0 bridgehead atoms. The van der Waals surface area contributed by atoms with E-state index in [-0.39, 0.29) is 23.2 Å². The van der Waals surface area contributed by atoms with Crippen LogP contribution in [0.2, 0.25) is 5.28 Å². The van der Waals surface area contributed by atoms with Crippen LogP contribution in [0.25, 0.3) is 16.7 Å². The number of H-pyrrole nitrogens is 1. The lowest BCUT2D eigenvalue weighted by Crippen LogP contribution is -2.50. The molecule has 1 saturated carbocycles. The molecule has 0 radical (unpaired) electrons. The molecule has 6 rings (SSSR count). The summed E-state index contributed by atoms with van der Waals surface area (Å²) in [5.41, 5.74) is 2.68. The number of carbonyl (C=O) groups excluding carboxylic acids is 1. The summed E-state index contributed by atoms with van der Waals surface area (Å²) in [4.78, 5) is 31.6. The van der Waals surface area contributed by atoms with Gasteiger partial charge in [0.25, 0.3) is 5.91 Å². The zero-order chi connectivity index (χ0) is 29.3. The van der Waals surface area contributed by atoms with Crippen LogP contribution in [0.5, 0.6) is 0 Å². The van der Waals surface area contributed by atoms with E-state index >= 15 is 0 Å². The van der Waals surface area contributed by atoms with Crippen LogP contribution in [0.3, 0.4) is 0 Å². The second-order valence-corrected chi connectivity index (χ2v) is 10.9. The number of hydrogen-bond acceptors (Lipinski definition) is 9. The molecular formula is C29H31ClN10O2. The number of nitrogens with zero attached hydrogens (tertiary/aromatic N) is 7. The summed E-state index contributed by atoms with van der Waals surface area (Å²) >= 11 is 5.81. The van der Waals surface area contributed by atoms with Gasteiger partial charge in [0.1, 0.15) is 17.7 Å². The fraction of sp³-hybridized carbons (Fsp3) is 0.345. The maximum absolute atomic E-state index is 13.6. The summed E-state index contributed by atoms with van der Waals surface area (Å²) in [6.45, 7) is 3.88. The fourth-order valence-corrected chi connectivity index (χ4v) is 5.63. The first-order valence-corrected chi connectivity index (χ1v) is 14.2. The Morgan fingerprint density at radius 2 is 2.00 bits per heavy atom. The molecule has 216 valence electrons. The largest absolute Gasteiger partial charge is 0.368 e. The van der Waals surface area contributed by atoms with E-state index in [2.05, 4.69) is 40.9 Å². The normalized spacial score (nSPS) is 19.5. The van der Waals surface area contributed by atoms with Crippen molar-refractivity contribution in [3.8, 4) is 5.82 Å². The highest BCUT2D eigenvalue weighted by atomic mass is 35.5. The predicted molar refractivity (Wildman–Crippen MR) is 158 cm³/mol. The monoisotopic (exact) mass is 586 g/mol. The highest BCUT2D eigenvalue weighted by molar-refractivity contribution is 6.28. The van der Waals surface area contributed by atoms with Gasteiger partial charge in [0.05, 0.1) is 17.3 Å². The highest BCUT2D eigenvalue weighted by Gasteiger charge is 2.43. The molecule has 1 fully saturated rings. The summed E-state index contributed by atoms with van der Waals surface area (Å²) in [5, 5.41) is 18.9. The molecule has 5 aromatic rings. The van der Waals surface area contributed by atoms with Crippen LogP contribution in [-0.2, 0) is 9.53 Å². The second-order valence-electron chi connectivity index (χ2n) is 10.6. The minimum atomic E-state index is -0.929. The number of aromatic nitrogens is 8. The minimum absolute atomic E-state index is 0.126. The number of nitrogens with one attached hydrogen (secondary N) is 3. The molecule has 42 heavy (non-hydrogen) atoms. The van der Waals surface area contributed by atoms with E-state index in [1.54, 1.807) is 19.5 Å². The third kappa shape index (κ3) is 5.55.